The maximum atomic E-state index is 15.1. The Morgan fingerprint density at radius 3 is 2.29 bits per heavy atom. The zero-order valence-corrected chi connectivity index (χ0v) is 20.9. The van der Waals surface area contributed by atoms with Gasteiger partial charge in [0.05, 0.1) is 17.2 Å². The Hall–Kier alpha value is -4.04. The highest BCUT2D eigenvalue weighted by atomic mass is 35.5. The summed E-state index contributed by atoms with van der Waals surface area (Å²) >= 11 is 18.0. The number of rotatable bonds is 5. The number of carbonyl (C=O) groups excluding carboxylic acids is 1. The van der Waals surface area contributed by atoms with Crippen molar-refractivity contribution in [3.63, 3.8) is 0 Å². The molecule has 3 aromatic rings. The molecular formula is C22H12Cl3F4N5O4. The van der Waals surface area contributed by atoms with Crippen molar-refractivity contribution >= 4 is 46.7 Å². The predicted molar refractivity (Wildman–Crippen MR) is 126 cm³/mol. The first-order chi connectivity index (χ1) is 17.7. The monoisotopic (exact) mass is 591 g/mol. The first-order valence-electron chi connectivity index (χ1n) is 9.77. The Kier molecular flexibility index (Phi) is 9.91. The van der Waals surface area contributed by atoms with Gasteiger partial charge in [-0.2, -0.15) is 23.7 Å². The lowest BCUT2D eigenvalue weighted by atomic mass is 10.1. The summed E-state index contributed by atoms with van der Waals surface area (Å²) < 4.78 is 52.4. The van der Waals surface area contributed by atoms with E-state index in [1.807, 2.05) is 12.1 Å². The molecule has 198 valence electrons. The fourth-order valence-electron chi connectivity index (χ4n) is 2.65. The Morgan fingerprint density at radius 2 is 1.79 bits per heavy atom. The molecule has 0 unspecified atom stereocenters. The van der Waals surface area contributed by atoms with Crippen LogP contribution in [0.3, 0.4) is 0 Å². The minimum absolute atomic E-state index is 0.0217. The minimum Gasteiger partial charge on any atom is -0.475 e. The molecule has 2 aromatic carbocycles. The van der Waals surface area contributed by atoms with E-state index in [4.69, 9.17) is 54.7 Å². The highest BCUT2D eigenvalue weighted by Crippen LogP contribution is 2.37. The molecule has 0 aliphatic carbocycles. The van der Waals surface area contributed by atoms with Gasteiger partial charge in [-0.3, -0.25) is 4.79 Å². The number of imidazole rings is 1. The van der Waals surface area contributed by atoms with Crippen molar-refractivity contribution in [3.05, 3.63) is 73.5 Å². The Labute approximate surface area is 226 Å². The van der Waals surface area contributed by atoms with Gasteiger partial charge in [0.15, 0.2) is 16.7 Å². The maximum absolute atomic E-state index is 15.1. The van der Waals surface area contributed by atoms with E-state index < -0.39 is 29.6 Å². The quantitative estimate of drug-likeness (QED) is 0.311. The number of nitrogens with one attached hydrogen (secondary N) is 2. The topological polar surface area (TPSA) is 152 Å². The second kappa shape index (κ2) is 12.5. The Balaban J connectivity index is 0.000000638. The van der Waals surface area contributed by atoms with Gasteiger partial charge in [-0.1, -0.05) is 34.8 Å². The molecule has 3 N–H and O–H groups in total. The van der Waals surface area contributed by atoms with Crippen LogP contribution in [0, 0.1) is 35.4 Å². The van der Waals surface area contributed by atoms with Crippen molar-refractivity contribution < 1.29 is 37.0 Å². The number of aliphatic carboxylic acids is 1. The number of hydrogen-bond donors (Lipinski definition) is 3. The van der Waals surface area contributed by atoms with Crippen LogP contribution in [0.2, 0.25) is 15.2 Å². The van der Waals surface area contributed by atoms with Crippen molar-refractivity contribution in [2.45, 2.75) is 19.6 Å². The Bertz CT molecular complexity index is 1480. The van der Waals surface area contributed by atoms with Crippen molar-refractivity contribution in [2.24, 2.45) is 0 Å². The highest BCUT2D eigenvalue weighted by Gasteiger charge is 2.38. The number of carbonyl (C=O) groups is 2. The number of aromatic nitrogens is 2. The lowest BCUT2D eigenvalue weighted by Crippen LogP contribution is -2.24. The van der Waals surface area contributed by atoms with Crippen LogP contribution < -0.4 is 10.1 Å². The van der Waals surface area contributed by atoms with Gasteiger partial charge in [0, 0.05) is 17.1 Å². The van der Waals surface area contributed by atoms with Gasteiger partial charge in [-0.05, 0) is 31.2 Å². The molecule has 0 bridgehead atoms. The van der Waals surface area contributed by atoms with Crippen LogP contribution in [0.25, 0.3) is 0 Å². The number of amides is 1. The summed E-state index contributed by atoms with van der Waals surface area (Å²) in [5.74, 6) is -4.22. The van der Waals surface area contributed by atoms with Crippen LogP contribution >= 0.6 is 34.8 Å². The molecule has 1 amide bonds. The van der Waals surface area contributed by atoms with E-state index in [0.29, 0.717) is 5.82 Å². The van der Waals surface area contributed by atoms with Crippen LogP contribution in [-0.2, 0) is 11.3 Å². The van der Waals surface area contributed by atoms with Crippen LogP contribution in [0.4, 0.5) is 17.6 Å². The van der Waals surface area contributed by atoms with E-state index >= 15 is 4.39 Å². The molecule has 3 rings (SSSR count). The number of carboxylic acid groups (broad SMARTS) is 1. The number of nitrogens with zero attached hydrogens (tertiary/aromatic N) is 3. The van der Waals surface area contributed by atoms with Crippen LogP contribution in [0.1, 0.15) is 33.0 Å². The lowest BCUT2D eigenvalue weighted by molar-refractivity contribution is -0.192. The number of hydrogen-bond acceptors (Lipinski definition) is 6. The van der Waals surface area contributed by atoms with E-state index in [1.54, 1.807) is 6.92 Å². The van der Waals surface area contributed by atoms with E-state index in [2.05, 4.69) is 15.3 Å². The van der Waals surface area contributed by atoms with Crippen molar-refractivity contribution in [2.75, 3.05) is 0 Å². The van der Waals surface area contributed by atoms with Gasteiger partial charge >= 0.3 is 12.1 Å². The number of H-pyrrole nitrogens is 1. The molecule has 0 aliphatic rings. The third kappa shape index (κ3) is 7.73. The predicted octanol–water partition coefficient (Wildman–Crippen LogP) is 5.92. The minimum atomic E-state index is -5.08. The van der Waals surface area contributed by atoms with Gasteiger partial charge in [-0.15, -0.1) is 0 Å². The first kappa shape index (κ1) is 30.2. The highest BCUT2D eigenvalue weighted by molar-refractivity contribution is 6.33. The molecule has 38 heavy (non-hydrogen) atoms. The summed E-state index contributed by atoms with van der Waals surface area (Å²) in [6, 6.07) is 9.05. The molecular weight excluding hydrogens is 581 g/mol. The number of halogens is 7. The van der Waals surface area contributed by atoms with Crippen LogP contribution in [0.5, 0.6) is 11.5 Å². The molecule has 0 saturated heterocycles. The second-order valence-electron chi connectivity index (χ2n) is 7.02. The number of benzene rings is 2. The van der Waals surface area contributed by atoms with Crippen LogP contribution in [-0.4, -0.2) is 33.1 Å². The van der Waals surface area contributed by atoms with E-state index in [0.717, 1.165) is 0 Å². The average Bonchev–Trinajstić information content (AvgIpc) is 3.18. The number of carboxylic acids is 1. The normalized spacial score (nSPS) is 10.5. The van der Waals surface area contributed by atoms with Crippen molar-refractivity contribution in [1.29, 1.82) is 10.5 Å². The fourth-order valence-corrected chi connectivity index (χ4v) is 3.35. The van der Waals surface area contributed by atoms with Gasteiger partial charge < -0.3 is 20.1 Å². The number of nitriles is 2. The van der Waals surface area contributed by atoms with Gasteiger partial charge in [0.2, 0.25) is 0 Å². The molecule has 0 spiro atoms. The molecule has 1 heterocycles. The van der Waals surface area contributed by atoms with Gasteiger partial charge in [0.25, 0.3) is 5.91 Å². The summed E-state index contributed by atoms with van der Waals surface area (Å²) in [4.78, 5) is 27.8. The van der Waals surface area contributed by atoms with Gasteiger partial charge in [0.1, 0.15) is 28.4 Å². The van der Waals surface area contributed by atoms with Crippen molar-refractivity contribution in [3.8, 4) is 23.6 Å². The number of ether oxygens (including phenoxy) is 1. The number of aromatic amines is 1. The summed E-state index contributed by atoms with van der Waals surface area (Å²) in [5, 5.41) is 27.9. The Morgan fingerprint density at radius 1 is 1.16 bits per heavy atom. The molecule has 9 nitrogen and oxygen atoms in total. The number of aryl methyl sites for hydroxylation is 1. The SMILES string of the molecule is Cc1nc(Cl)c(C(=O)NCc2cc(C#N)c(Cl)c(Oc3cc(Cl)cc(C#N)c3)c2F)[nH]1.O=C(O)C(F)(F)F. The van der Waals surface area contributed by atoms with Crippen LogP contribution in [0.15, 0.2) is 24.3 Å². The molecule has 0 atom stereocenters. The van der Waals surface area contributed by atoms with Gasteiger partial charge in [-0.25, -0.2) is 14.2 Å². The third-order valence-corrected chi connectivity index (χ3v) is 5.13. The summed E-state index contributed by atoms with van der Waals surface area (Å²) in [6.45, 7) is 1.33. The molecule has 0 saturated carbocycles. The first-order valence-corrected chi connectivity index (χ1v) is 10.9. The molecule has 0 aliphatic heterocycles. The fraction of sp³-hybridized carbons (Fsp3) is 0.136. The third-order valence-electron chi connectivity index (χ3n) is 4.26. The van der Waals surface area contributed by atoms with Crippen molar-refractivity contribution in [1.82, 2.24) is 15.3 Å². The maximum Gasteiger partial charge on any atom is 0.490 e. The molecule has 1 aromatic heterocycles. The average molecular weight is 593 g/mol. The molecule has 16 heteroatoms. The lowest BCUT2D eigenvalue weighted by Gasteiger charge is -2.14. The molecule has 0 radical (unpaired) electrons. The zero-order chi connectivity index (χ0) is 28.8. The number of alkyl halides is 3. The summed E-state index contributed by atoms with van der Waals surface area (Å²) in [7, 11) is 0. The summed E-state index contributed by atoms with van der Waals surface area (Å²) in [6.07, 6.45) is -5.08. The van der Waals surface area contributed by atoms with E-state index in [-0.39, 0.29) is 49.9 Å². The smallest absolute Gasteiger partial charge is 0.475 e. The second-order valence-corrected chi connectivity index (χ2v) is 8.19. The largest absolute Gasteiger partial charge is 0.490 e. The summed E-state index contributed by atoms with van der Waals surface area (Å²) in [5.41, 5.74) is 0.0858. The zero-order valence-electron chi connectivity index (χ0n) is 18.7. The van der Waals surface area contributed by atoms with E-state index in [9.17, 15) is 23.2 Å². The standard InChI is InChI=1S/C20H11Cl3FN5O2.C2HF3O2/c1-9-28-17(19(23)29-9)20(30)27-8-12-4-11(7-26)15(22)18(16(12)24)31-14-3-10(6-25)2-13(21)5-14;3-2(4,5)1(6)7/h2-5H,8H2,1H3,(H,27,30)(H,28,29);(H,6,7). The van der Waals surface area contributed by atoms with E-state index in [1.165, 1.54) is 24.3 Å². The molecule has 0 fully saturated rings.